The Kier molecular flexibility index (Phi) is 24.0. The van der Waals surface area contributed by atoms with Crippen molar-refractivity contribution < 1.29 is 19.8 Å². The highest BCUT2D eigenvalue weighted by atomic mass is 16.4. The first-order valence-corrected chi connectivity index (χ1v) is 18.3. The molecule has 0 aromatic heterocycles. The number of hydrogen-bond acceptors (Lipinski definition) is 5. The zero-order valence-corrected chi connectivity index (χ0v) is 32.1. The van der Waals surface area contributed by atoms with Crippen LogP contribution in [0.5, 0.6) is 0 Å². The molecule has 0 bridgehead atoms. The molecule has 2 aromatic rings. The molecule has 9 nitrogen and oxygen atoms in total. The van der Waals surface area contributed by atoms with Crippen LogP contribution in [0.1, 0.15) is 141 Å². The maximum absolute atomic E-state index is 10.4. The Bertz CT molecular complexity index is 1200. The fraction of sp³-hybridized carbons (Fsp3) is 0.600. The van der Waals surface area contributed by atoms with E-state index in [-0.39, 0.29) is 18.0 Å². The number of carbonyl (C=O) groups is 2. The molecule has 4 atom stereocenters. The van der Waals surface area contributed by atoms with Crippen LogP contribution >= 0.6 is 0 Å². The quantitative estimate of drug-likeness (QED) is 0.123. The second-order valence-corrected chi connectivity index (χ2v) is 12.6. The van der Waals surface area contributed by atoms with Crippen molar-refractivity contribution in [1.82, 2.24) is 10.2 Å². The van der Waals surface area contributed by atoms with E-state index in [9.17, 15) is 9.59 Å². The van der Waals surface area contributed by atoms with Gasteiger partial charge in [0.2, 0.25) is 0 Å². The molecule has 276 valence electrons. The molecule has 9 heteroatoms. The minimum atomic E-state index is -1.51. The summed E-state index contributed by atoms with van der Waals surface area (Å²) < 4.78 is 0. The number of aliphatic imine (C=N–C) groups is 2. The average Bonchev–Trinajstić information content (AvgIpc) is 3.68. The molecule has 2 aromatic carbocycles. The second-order valence-electron chi connectivity index (χ2n) is 12.6. The number of rotatable bonds is 13. The van der Waals surface area contributed by atoms with Gasteiger partial charge in [0, 0.05) is 18.9 Å². The first kappa shape index (κ1) is 45.1. The molecule has 5 N–H and O–H groups in total. The van der Waals surface area contributed by atoms with Crippen molar-refractivity contribution in [2.24, 2.45) is 21.6 Å². The molecule has 2 amide bonds. The highest BCUT2D eigenvalue weighted by molar-refractivity contribution is 5.86. The Hall–Kier alpha value is -3.88. The minimum absolute atomic E-state index is 0.0538. The Labute approximate surface area is 297 Å². The van der Waals surface area contributed by atoms with Gasteiger partial charge < -0.3 is 21.3 Å². The van der Waals surface area contributed by atoms with Crippen molar-refractivity contribution in [2.75, 3.05) is 26.2 Å². The fourth-order valence-electron chi connectivity index (χ4n) is 4.56. The predicted molar refractivity (Wildman–Crippen MR) is 208 cm³/mol. The van der Waals surface area contributed by atoms with Crippen molar-refractivity contribution in [2.45, 2.75) is 126 Å². The smallest absolute Gasteiger partial charge is 0.416 e. The van der Waals surface area contributed by atoms with Crippen LogP contribution in [0, 0.1) is 5.92 Å². The topological polar surface area (TPSA) is 141 Å². The van der Waals surface area contributed by atoms with Crippen LogP contribution in [0.25, 0.3) is 0 Å². The van der Waals surface area contributed by atoms with Crippen molar-refractivity contribution in [3.05, 3.63) is 70.8 Å². The van der Waals surface area contributed by atoms with Gasteiger partial charge in [0.25, 0.3) is 0 Å². The Balaban J connectivity index is 0.000000634. The van der Waals surface area contributed by atoms with Crippen LogP contribution in [-0.4, -0.2) is 65.1 Å². The molecule has 49 heavy (non-hydrogen) atoms. The lowest BCUT2D eigenvalue weighted by atomic mass is 9.93. The standard InChI is InChI=1S/C14H22.C12H18.C7H13N3O4.C7H14N2/c1-5-11(3)13-7-9-14(10-8-13)12(4)6-2;1-4-10(3)12-8-6-11(5-2)7-9-12;1-2-5(8)9-3-4-10(6(11)12)7(13)14;1-3-6(2)7-8-4-5-9-7/h7-12H,5-6H2,1-4H3;6-10H,4-5H2,1-3H3;2-4H2,1H3,(H2,8,9)(H,11,12)(H,13,14);6H,3-5H2,1-2H3,(H,8,9). The van der Waals surface area contributed by atoms with E-state index in [0.29, 0.717) is 35.9 Å². The lowest BCUT2D eigenvalue weighted by Crippen LogP contribution is -2.36. The van der Waals surface area contributed by atoms with Crippen LogP contribution in [0.4, 0.5) is 9.59 Å². The summed E-state index contributed by atoms with van der Waals surface area (Å²) in [4.78, 5) is 29.0. The van der Waals surface area contributed by atoms with Gasteiger partial charge in [-0.1, -0.05) is 118 Å². The normalized spacial score (nSPS) is 14.5. The number of aryl methyl sites for hydroxylation is 1. The molecule has 1 aliphatic heterocycles. The number of amidine groups is 2. The van der Waals surface area contributed by atoms with Crippen LogP contribution in [0.3, 0.4) is 0 Å². The van der Waals surface area contributed by atoms with E-state index < -0.39 is 12.2 Å². The van der Waals surface area contributed by atoms with Crippen molar-refractivity contribution in [3.63, 3.8) is 0 Å². The van der Waals surface area contributed by atoms with Gasteiger partial charge in [0.05, 0.1) is 31.3 Å². The summed E-state index contributed by atoms with van der Waals surface area (Å²) >= 11 is 0. The number of nitrogens with one attached hydrogen (secondary N) is 1. The first-order chi connectivity index (χ1) is 23.3. The minimum Gasteiger partial charge on any atom is -0.465 e. The van der Waals surface area contributed by atoms with E-state index in [2.05, 4.69) is 126 Å². The number of carboxylic acid groups (broad SMARTS) is 2. The number of amides is 2. The summed E-state index contributed by atoms with van der Waals surface area (Å²) in [6.45, 7) is 23.8. The summed E-state index contributed by atoms with van der Waals surface area (Å²) in [6, 6.07) is 18.1. The Morgan fingerprint density at radius 2 is 1.16 bits per heavy atom. The third-order valence-corrected chi connectivity index (χ3v) is 9.11. The predicted octanol–water partition coefficient (Wildman–Crippen LogP) is 9.92. The van der Waals surface area contributed by atoms with Crippen molar-refractivity contribution >= 4 is 23.9 Å². The highest BCUT2D eigenvalue weighted by Gasteiger charge is 2.18. The first-order valence-electron chi connectivity index (χ1n) is 18.3. The van der Waals surface area contributed by atoms with Gasteiger partial charge in [-0.3, -0.25) is 9.98 Å². The molecule has 0 radical (unpaired) electrons. The van der Waals surface area contributed by atoms with Crippen molar-refractivity contribution in [1.29, 1.82) is 0 Å². The van der Waals surface area contributed by atoms with Crippen LogP contribution in [-0.2, 0) is 6.42 Å². The van der Waals surface area contributed by atoms with Crippen LogP contribution < -0.4 is 11.1 Å². The maximum atomic E-state index is 10.4. The molecule has 0 aliphatic carbocycles. The van der Waals surface area contributed by atoms with E-state index in [4.69, 9.17) is 15.9 Å². The Morgan fingerprint density at radius 3 is 1.47 bits per heavy atom. The molecular formula is C40H67N5O4. The van der Waals surface area contributed by atoms with Gasteiger partial charge in [0.1, 0.15) is 0 Å². The van der Waals surface area contributed by atoms with E-state index in [1.807, 2.05) is 0 Å². The Morgan fingerprint density at radius 1 is 0.755 bits per heavy atom. The lowest BCUT2D eigenvalue weighted by Gasteiger charge is -2.12. The summed E-state index contributed by atoms with van der Waals surface area (Å²) in [5.74, 6) is 4.31. The van der Waals surface area contributed by atoms with Crippen LogP contribution in [0.2, 0.25) is 0 Å². The van der Waals surface area contributed by atoms with Gasteiger partial charge in [-0.15, -0.1) is 0 Å². The molecule has 3 rings (SSSR count). The fourth-order valence-corrected chi connectivity index (χ4v) is 4.56. The summed E-state index contributed by atoms with van der Waals surface area (Å²) in [5, 5.41) is 20.1. The molecule has 1 heterocycles. The lowest BCUT2D eigenvalue weighted by molar-refractivity contribution is 0.124. The molecular weight excluding hydrogens is 614 g/mol. The SMILES string of the molecule is CCC(C)C1=NCCN1.CCC(C)c1ccc(C(C)CC)cc1.CCC(N)=NCCN(C(=O)O)C(=O)O.CCc1ccc(C(C)CC)cc1. The largest absolute Gasteiger partial charge is 0.465 e. The van der Waals surface area contributed by atoms with E-state index >= 15 is 0 Å². The molecule has 0 saturated heterocycles. The van der Waals surface area contributed by atoms with Gasteiger partial charge in [-0.05, 0) is 72.1 Å². The van der Waals surface area contributed by atoms with Crippen LogP contribution in [0.15, 0.2) is 58.5 Å². The number of hydrogen-bond donors (Lipinski definition) is 4. The summed E-state index contributed by atoms with van der Waals surface area (Å²) in [6.07, 6.45) is 3.54. The molecule has 1 aliphatic rings. The average molecular weight is 682 g/mol. The zero-order valence-electron chi connectivity index (χ0n) is 32.1. The number of benzene rings is 2. The third-order valence-electron chi connectivity index (χ3n) is 9.11. The second kappa shape index (κ2) is 26.0. The summed E-state index contributed by atoms with van der Waals surface area (Å²) in [5.41, 5.74) is 11.2. The molecule has 0 spiro atoms. The molecule has 0 fully saturated rings. The monoisotopic (exact) mass is 682 g/mol. The summed E-state index contributed by atoms with van der Waals surface area (Å²) in [7, 11) is 0. The van der Waals surface area contributed by atoms with Gasteiger partial charge in [-0.2, -0.15) is 0 Å². The van der Waals surface area contributed by atoms with Crippen molar-refractivity contribution in [3.8, 4) is 0 Å². The van der Waals surface area contributed by atoms with Gasteiger partial charge in [0.15, 0.2) is 0 Å². The molecule has 4 unspecified atom stereocenters. The van der Waals surface area contributed by atoms with E-state index in [1.165, 1.54) is 53.8 Å². The van der Waals surface area contributed by atoms with Gasteiger partial charge in [-0.25, -0.2) is 14.5 Å². The van der Waals surface area contributed by atoms with E-state index in [1.54, 1.807) is 6.92 Å². The number of imide groups is 1. The van der Waals surface area contributed by atoms with Gasteiger partial charge >= 0.3 is 12.2 Å². The number of nitrogens with two attached hydrogens (primary N) is 1. The zero-order chi connectivity index (χ0) is 37.4. The maximum Gasteiger partial charge on any atom is 0.416 e. The highest BCUT2D eigenvalue weighted by Crippen LogP contribution is 2.23. The molecule has 0 saturated carbocycles. The van der Waals surface area contributed by atoms with E-state index in [0.717, 1.165) is 19.5 Å². The third kappa shape index (κ3) is 18.5. The number of nitrogens with zero attached hydrogens (tertiary/aromatic N) is 3.